The fourth-order valence-corrected chi connectivity index (χ4v) is 2.25. The Morgan fingerprint density at radius 1 is 1.15 bits per heavy atom. The van der Waals surface area contributed by atoms with Crippen molar-refractivity contribution in [1.82, 2.24) is 4.98 Å². The molecule has 0 aliphatic heterocycles. The lowest BCUT2D eigenvalue weighted by Crippen LogP contribution is -2.15. The molecule has 0 saturated heterocycles. The minimum atomic E-state index is -0.103. The van der Waals surface area contributed by atoms with Gasteiger partial charge >= 0.3 is 0 Å². The van der Waals surface area contributed by atoms with Gasteiger partial charge in [0.1, 0.15) is 11.6 Å². The molecule has 0 aliphatic rings. The van der Waals surface area contributed by atoms with Crippen molar-refractivity contribution in [2.75, 3.05) is 43.6 Å². The van der Waals surface area contributed by atoms with Gasteiger partial charge in [-0.1, -0.05) is 12.1 Å². The number of benzene rings is 1. The van der Waals surface area contributed by atoms with Crippen LogP contribution in [0.5, 0.6) is 5.75 Å². The molecule has 0 bridgehead atoms. The summed E-state index contributed by atoms with van der Waals surface area (Å²) in [6.45, 7) is 3.98. The molecule has 0 fully saturated rings. The molecule has 1 heterocycles. The number of anilines is 2. The molecule has 26 heavy (non-hydrogen) atoms. The molecule has 1 amide bonds. The van der Waals surface area contributed by atoms with Crippen LogP contribution in [0.3, 0.4) is 0 Å². The van der Waals surface area contributed by atoms with E-state index in [0.717, 1.165) is 11.3 Å². The third-order valence-electron chi connectivity index (χ3n) is 3.43. The maximum Gasteiger partial charge on any atom is 0.228 e. The van der Waals surface area contributed by atoms with Gasteiger partial charge in [-0.2, -0.15) is 0 Å². The molecular formula is C19H25N3O4. The van der Waals surface area contributed by atoms with Gasteiger partial charge in [0.15, 0.2) is 0 Å². The molecule has 0 spiro atoms. The Morgan fingerprint density at radius 3 is 2.62 bits per heavy atom. The third kappa shape index (κ3) is 7.08. The van der Waals surface area contributed by atoms with Crippen molar-refractivity contribution in [3.63, 3.8) is 0 Å². The van der Waals surface area contributed by atoms with E-state index in [-0.39, 0.29) is 18.9 Å². The number of carbonyl (C=O) groups excluding carboxylic acids is 1. The Balaban J connectivity index is 1.76. The number of nitrogens with zero attached hydrogens (tertiary/aromatic N) is 1. The molecule has 0 unspecified atom stereocenters. The number of aliphatic hydroxyl groups excluding tert-OH is 1. The van der Waals surface area contributed by atoms with Crippen LogP contribution < -0.4 is 15.4 Å². The molecule has 7 nitrogen and oxygen atoms in total. The van der Waals surface area contributed by atoms with Gasteiger partial charge in [-0.05, 0) is 36.8 Å². The first kappa shape index (κ1) is 19.7. The largest absolute Gasteiger partial charge is 0.494 e. The molecule has 2 aromatic rings. The topological polar surface area (TPSA) is 92.7 Å². The Bertz CT molecular complexity index is 659. The molecule has 0 saturated carbocycles. The minimum absolute atomic E-state index is 0.0172. The van der Waals surface area contributed by atoms with Crippen molar-refractivity contribution in [3.05, 3.63) is 48.2 Å². The van der Waals surface area contributed by atoms with Crippen LogP contribution in [0.2, 0.25) is 0 Å². The second kappa shape index (κ2) is 11.1. The lowest BCUT2D eigenvalue weighted by Gasteiger charge is -2.08. The second-order valence-electron chi connectivity index (χ2n) is 5.50. The number of aromatic nitrogens is 1. The standard InChI is InChI=1S/C19H25N3O4/c1-2-26-17-6-3-15(4-7-17)13-19(24)22-16-5-8-18(21-14-16)20-9-11-25-12-10-23/h3-8,14,23H,2,9-13H2,1H3,(H,20,21)(H,22,24). The SMILES string of the molecule is CCOc1ccc(CC(=O)Nc2ccc(NCCOCCO)nc2)cc1. The van der Waals surface area contributed by atoms with Crippen LogP contribution in [0.15, 0.2) is 42.6 Å². The smallest absolute Gasteiger partial charge is 0.228 e. The highest BCUT2D eigenvalue weighted by molar-refractivity contribution is 5.92. The summed E-state index contributed by atoms with van der Waals surface area (Å²) in [6.07, 6.45) is 1.89. The molecule has 0 radical (unpaired) electrons. The minimum Gasteiger partial charge on any atom is -0.494 e. The monoisotopic (exact) mass is 359 g/mol. The van der Waals surface area contributed by atoms with Crippen molar-refractivity contribution in [1.29, 1.82) is 0 Å². The molecule has 2 rings (SSSR count). The Morgan fingerprint density at radius 2 is 1.96 bits per heavy atom. The summed E-state index contributed by atoms with van der Waals surface area (Å²) in [7, 11) is 0. The second-order valence-corrected chi connectivity index (χ2v) is 5.50. The molecule has 0 aliphatic carbocycles. The average molecular weight is 359 g/mol. The highest BCUT2D eigenvalue weighted by atomic mass is 16.5. The van der Waals surface area contributed by atoms with E-state index >= 15 is 0 Å². The van der Waals surface area contributed by atoms with Gasteiger partial charge in [0.2, 0.25) is 5.91 Å². The van der Waals surface area contributed by atoms with E-state index in [9.17, 15) is 4.79 Å². The van der Waals surface area contributed by atoms with E-state index < -0.39 is 0 Å². The van der Waals surface area contributed by atoms with Gasteiger partial charge in [-0.3, -0.25) is 4.79 Å². The number of ether oxygens (including phenoxy) is 2. The van der Waals surface area contributed by atoms with Gasteiger partial charge < -0.3 is 25.2 Å². The van der Waals surface area contributed by atoms with E-state index in [0.29, 0.717) is 37.9 Å². The molecule has 140 valence electrons. The van der Waals surface area contributed by atoms with Crippen LogP contribution in [-0.2, 0) is 16.0 Å². The number of rotatable bonds is 11. The van der Waals surface area contributed by atoms with Crippen LogP contribution in [0.1, 0.15) is 12.5 Å². The first-order valence-electron chi connectivity index (χ1n) is 8.61. The highest BCUT2D eigenvalue weighted by Gasteiger charge is 2.05. The van der Waals surface area contributed by atoms with Crippen LogP contribution in [0.4, 0.5) is 11.5 Å². The van der Waals surface area contributed by atoms with E-state index in [4.69, 9.17) is 14.6 Å². The van der Waals surface area contributed by atoms with Crippen molar-refractivity contribution in [2.24, 2.45) is 0 Å². The zero-order valence-corrected chi connectivity index (χ0v) is 14.9. The summed E-state index contributed by atoms with van der Waals surface area (Å²) in [6, 6.07) is 11.1. The van der Waals surface area contributed by atoms with Crippen molar-refractivity contribution < 1.29 is 19.4 Å². The van der Waals surface area contributed by atoms with Crippen LogP contribution in [-0.4, -0.2) is 49.0 Å². The van der Waals surface area contributed by atoms with Crippen molar-refractivity contribution in [3.8, 4) is 5.75 Å². The molecule has 3 N–H and O–H groups in total. The number of pyridine rings is 1. The number of hydrogen-bond acceptors (Lipinski definition) is 6. The predicted octanol–water partition coefficient (Wildman–Crippen LogP) is 2.08. The summed E-state index contributed by atoms with van der Waals surface area (Å²) >= 11 is 0. The lowest BCUT2D eigenvalue weighted by molar-refractivity contribution is -0.115. The van der Waals surface area contributed by atoms with E-state index in [1.165, 1.54) is 0 Å². The predicted molar refractivity (Wildman–Crippen MR) is 101 cm³/mol. The first-order chi connectivity index (χ1) is 12.7. The van der Waals surface area contributed by atoms with Gasteiger partial charge in [0, 0.05) is 6.54 Å². The summed E-state index contributed by atoms with van der Waals surface area (Å²) in [4.78, 5) is 16.4. The average Bonchev–Trinajstić information content (AvgIpc) is 2.65. The van der Waals surface area contributed by atoms with Crippen LogP contribution in [0, 0.1) is 0 Å². The molecule has 7 heteroatoms. The van der Waals surface area contributed by atoms with Crippen molar-refractivity contribution >= 4 is 17.4 Å². The zero-order chi connectivity index (χ0) is 18.6. The number of amides is 1. The quantitative estimate of drug-likeness (QED) is 0.532. The molecule has 1 aromatic carbocycles. The number of nitrogens with one attached hydrogen (secondary N) is 2. The third-order valence-corrected chi connectivity index (χ3v) is 3.43. The van der Waals surface area contributed by atoms with Crippen LogP contribution in [0.25, 0.3) is 0 Å². The summed E-state index contributed by atoms with van der Waals surface area (Å²) in [5, 5.41) is 14.5. The van der Waals surface area contributed by atoms with Gasteiger partial charge in [-0.15, -0.1) is 0 Å². The zero-order valence-electron chi connectivity index (χ0n) is 14.9. The van der Waals surface area contributed by atoms with Crippen LogP contribution >= 0.6 is 0 Å². The maximum absolute atomic E-state index is 12.1. The maximum atomic E-state index is 12.1. The number of carbonyl (C=O) groups is 1. The lowest BCUT2D eigenvalue weighted by atomic mass is 10.1. The van der Waals surface area contributed by atoms with E-state index in [1.807, 2.05) is 31.2 Å². The fourth-order valence-electron chi connectivity index (χ4n) is 2.25. The summed E-state index contributed by atoms with van der Waals surface area (Å²) < 4.78 is 10.5. The number of hydrogen-bond donors (Lipinski definition) is 3. The van der Waals surface area contributed by atoms with E-state index in [1.54, 1.807) is 18.3 Å². The first-order valence-corrected chi connectivity index (χ1v) is 8.61. The van der Waals surface area contributed by atoms with Gasteiger partial charge in [0.05, 0.1) is 44.7 Å². The molecular weight excluding hydrogens is 334 g/mol. The summed E-state index contributed by atoms with van der Waals surface area (Å²) in [5.41, 5.74) is 1.56. The Labute approximate surface area is 153 Å². The number of aliphatic hydroxyl groups is 1. The molecule has 0 atom stereocenters. The van der Waals surface area contributed by atoms with Crippen molar-refractivity contribution in [2.45, 2.75) is 13.3 Å². The fraction of sp³-hybridized carbons (Fsp3) is 0.368. The Kier molecular flexibility index (Phi) is 8.38. The highest BCUT2D eigenvalue weighted by Crippen LogP contribution is 2.14. The normalized spacial score (nSPS) is 10.4. The van der Waals surface area contributed by atoms with Gasteiger partial charge in [0.25, 0.3) is 0 Å². The Hall–Kier alpha value is -2.64. The van der Waals surface area contributed by atoms with E-state index in [2.05, 4.69) is 15.6 Å². The summed E-state index contributed by atoms with van der Waals surface area (Å²) in [5.74, 6) is 1.39. The van der Waals surface area contributed by atoms with Gasteiger partial charge in [-0.25, -0.2) is 4.98 Å². The molecule has 1 aromatic heterocycles.